The number of aliphatic hydroxyl groups is 1. The van der Waals surface area contributed by atoms with Crippen LogP contribution in [0.3, 0.4) is 0 Å². The van der Waals surface area contributed by atoms with E-state index in [9.17, 15) is 20.0 Å². The Morgan fingerprint density at radius 3 is 2.48 bits per heavy atom. The van der Waals surface area contributed by atoms with Gasteiger partial charge in [-0.05, 0) is 31.5 Å². The van der Waals surface area contributed by atoms with Crippen molar-refractivity contribution in [1.82, 2.24) is 10.2 Å². The van der Waals surface area contributed by atoms with Crippen molar-refractivity contribution in [2.75, 3.05) is 20.1 Å². The molecular formula is C14H21N3O4. The number of nitro benzene ring substituents is 1. The van der Waals surface area contributed by atoms with E-state index < -0.39 is 17.1 Å². The average molecular weight is 295 g/mol. The molecule has 0 aromatic heterocycles. The fourth-order valence-electron chi connectivity index (χ4n) is 1.80. The highest BCUT2D eigenvalue weighted by Gasteiger charge is 2.17. The summed E-state index contributed by atoms with van der Waals surface area (Å²) < 4.78 is 0. The van der Waals surface area contributed by atoms with Crippen LogP contribution in [-0.4, -0.2) is 47.0 Å². The maximum atomic E-state index is 11.8. The van der Waals surface area contributed by atoms with Gasteiger partial charge in [0.2, 0.25) is 5.91 Å². The smallest absolute Gasteiger partial charge is 0.269 e. The summed E-state index contributed by atoms with van der Waals surface area (Å²) in [5.41, 5.74) is 0.545. The molecule has 2 atom stereocenters. The number of amides is 1. The van der Waals surface area contributed by atoms with Crippen LogP contribution in [0, 0.1) is 10.1 Å². The molecule has 0 saturated heterocycles. The highest BCUT2D eigenvalue weighted by atomic mass is 16.6. The fraction of sp³-hybridized carbons (Fsp3) is 0.500. The zero-order chi connectivity index (χ0) is 16.0. The molecular weight excluding hydrogens is 274 g/mol. The van der Waals surface area contributed by atoms with Crippen LogP contribution in [0.4, 0.5) is 5.69 Å². The molecule has 7 nitrogen and oxygen atoms in total. The topological polar surface area (TPSA) is 95.7 Å². The van der Waals surface area contributed by atoms with Gasteiger partial charge >= 0.3 is 0 Å². The molecule has 0 aliphatic rings. The molecule has 2 N–H and O–H groups in total. The SMILES string of the molecule is CCN(C)C(=O)C(C)NCC(O)c1ccc([N+](=O)[O-])cc1. The zero-order valence-corrected chi connectivity index (χ0v) is 12.4. The first-order valence-corrected chi connectivity index (χ1v) is 6.77. The molecule has 7 heteroatoms. The Labute approximate surface area is 123 Å². The van der Waals surface area contributed by atoms with Crippen LogP contribution in [-0.2, 0) is 4.79 Å². The Morgan fingerprint density at radius 1 is 1.43 bits per heavy atom. The standard InChI is InChI=1S/C14H21N3O4/c1-4-16(3)14(19)10(2)15-9-13(18)11-5-7-12(8-6-11)17(20)21/h5-8,10,13,15,18H,4,9H2,1-3H3. The van der Waals surface area contributed by atoms with E-state index in [4.69, 9.17) is 0 Å². The Kier molecular flexibility index (Phi) is 6.26. The molecule has 0 aliphatic carbocycles. The minimum absolute atomic E-state index is 0.0213. The summed E-state index contributed by atoms with van der Waals surface area (Å²) >= 11 is 0. The van der Waals surface area contributed by atoms with E-state index in [1.54, 1.807) is 18.9 Å². The number of hydrogen-bond acceptors (Lipinski definition) is 5. The number of likely N-dealkylation sites (N-methyl/N-ethyl adjacent to an activating group) is 1. The van der Waals surface area contributed by atoms with E-state index in [0.717, 1.165) is 0 Å². The summed E-state index contributed by atoms with van der Waals surface area (Å²) in [5.74, 6) is -0.0478. The van der Waals surface area contributed by atoms with Crippen molar-refractivity contribution in [2.45, 2.75) is 26.0 Å². The minimum Gasteiger partial charge on any atom is -0.387 e. The highest BCUT2D eigenvalue weighted by molar-refractivity contribution is 5.81. The molecule has 21 heavy (non-hydrogen) atoms. The molecule has 0 saturated carbocycles. The molecule has 0 aliphatic heterocycles. The molecule has 0 heterocycles. The third kappa shape index (κ3) is 4.80. The number of benzene rings is 1. The lowest BCUT2D eigenvalue weighted by Gasteiger charge is -2.22. The molecule has 116 valence electrons. The van der Waals surface area contributed by atoms with E-state index in [1.165, 1.54) is 24.3 Å². The van der Waals surface area contributed by atoms with Gasteiger partial charge in [0, 0.05) is 32.3 Å². The summed E-state index contributed by atoms with van der Waals surface area (Å²) in [4.78, 5) is 23.5. The van der Waals surface area contributed by atoms with Gasteiger partial charge in [-0.2, -0.15) is 0 Å². The number of nitrogens with zero attached hydrogens (tertiary/aromatic N) is 2. The molecule has 2 unspecified atom stereocenters. The van der Waals surface area contributed by atoms with Crippen LogP contribution in [0.15, 0.2) is 24.3 Å². The third-order valence-corrected chi connectivity index (χ3v) is 3.33. The third-order valence-electron chi connectivity index (χ3n) is 3.33. The van der Waals surface area contributed by atoms with Gasteiger partial charge in [0.25, 0.3) is 5.69 Å². The maximum absolute atomic E-state index is 11.8. The summed E-state index contributed by atoms with van der Waals surface area (Å²) in [5, 5.41) is 23.5. The van der Waals surface area contributed by atoms with Crippen LogP contribution >= 0.6 is 0 Å². The lowest BCUT2D eigenvalue weighted by atomic mass is 10.1. The summed E-state index contributed by atoms with van der Waals surface area (Å²) in [6, 6.07) is 5.31. The number of aliphatic hydroxyl groups excluding tert-OH is 1. The molecule has 0 spiro atoms. The second kappa shape index (κ2) is 7.70. The van der Waals surface area contributed by atoms with Gasteiger partial charge in [0.15, 0.2) is 0 Å². The van der Waals surface area contributed by atoms with Crippen LogP contribution in [0.2, 0.25) is 0 Å². The second-order valence-corrected chi connectivity index (χ2v) is 4.85. The quantitative estimate of drug-likeness (QED) is 0.580. The van der Waals surface area contributed by atoms with Gasteiger partial charge in [-0.15, -0.1) is 0 Å². The first kappa shape index (κ1) is 17.1. The van der Waals surface area contributed by atoms with Crippen molar-refractivity contribution in [3.8, 4) is 0 Å². The monoisotopic (exact) mass is 295 g/mol. The Hall–Kier alpha value is -1.99. The summed E-state index contributed by atoms with van der Waals surface area (Å²) in [6.07, 6.45) is -0.826. The number of nitro groups is 1. The minimum atomic E-state index is -0.826. The van der Waals surface area contributed by atoms with Crippen LogP contribution in [0.1, 0.15) is 25.5 Å². The summed E-state index contributed by atoms with van der Waals surface area (Å²) in [7, 11) is 1.72. The molecule has 0 radical (unpaired) electrons. The Morgan fingerprint density at radius 2 is 2.00 bits per heavy atom. The number of rotatable bonds is 7. The highest BCUT2D eigenvalue weighted by Crippen LogP contribution is 2.17. The van der Waals surface area contributed by atoms with E-state index in [2.05, 4.69) is 5.32 Å². The van der Waals surface area contributed by atoms with Crippen LogP contribution in [0.5, 0.6) is 0 Å². The molecule has 1 amide bonds. The molecule has 0 bridgehead atoms. The average Bonchev–Trinajstić information content (AvgIpc) is 2.50. The van der Waals surface area contributed by atoms with Crippen molar-refractivity contribution in [2.24, 2.45) is 0 Å². The predicted octanol–water partition coefficient (Wildman–Crippen LogP) is 1.08. The van der Waals surface area contributed by atoms with Crippen molar-refractivity contribution < 1.29 is 14.8 Å². The van der Waals surface area contributed by atoms with Crippen molar-refractivity contribution in [1.29, 1.82) is 0 Å². The maximum Gasteiger partial charge on any atom is 0.269 e. The number of carbonyl (C=O) groups is 1. The van der Waals surface area contributed by atoms with E-state index >= 15 is 0 Å². The number of carbonyl (C=O) groups excluding carboxylic acids is 1. The van der Waals surface area contributed by atoms with Crippen molar-refractivity contribution >= 4 is 11.6 Å². The van der Waals surface area contributed by atoms with Gasteiger partial charge in [0.05, 0.1) is 17.1 Å². The van der Waals surface area contributed by atoms with Crippen molar-refractivity contribution in [3.05, 3.63) is 39.9 Å². The lowest BCUT2D eigenvalue weighted by molar-refractivity contribution is -0.384. The second-order valence-electron chi connectivity index (χ2n) is 4.85. The van der Waals surface area contributed by atoms with Gasteiger partial charge < -0.3 is 15.3 Å². The molecule has 0 fully saturated rings. The Balaban J connectivity index is 2.55. The largest absolute Gasteiger partial charge is 0.387 e. The first-order chi connectivity index (χ1) is 9.86. The Bertz CT molecular complexity index is 489. The lowest BCUT2D eigenvalue weighted by Crippen LogP contribution is -2.44. The molecule has 1 rings (SSSR count). The normalized spacial score (nSPS) is 13.5. The van der Waals surface area contributed by atoms with Crippen LogP contribution in [0.25, 0.3) is 0 Å². The number of non-ortho nitro benzene ring substituents is 1. The molecule has 1 aromatic carbocycles. The predicted molar refractivity (Wildman–Crippen MR) is 78.8 cm³/mol. The summed E-state index contributed by atoms with van der Waals surface area (Å²) in [6.45, 7) is 4.44. The van der Waals surface area contributed by atoms with Crippen LogP contribution < -0.4 is 5.32 Å². The zero-order valence-electron chi connectivity index (χ0n) is 12.4. The van der Waals surface area contributed by atoms with E-state index in [-0.39, 0.29) is 18.1 Å². The number of nitrogens with one attached hydrogen (secondary N) is 1. The first-order valence-electron chi connectivity index (χ1n) is 6.77. The van der Waals surface area contributed by atoms with Crippen molar-refractivity contribution in [3.63, 3.8) is 0 Å². The molecule has 1 aromatic rings. The number of hydrogen-bond donors (Lipinski definition) is 2. The van der Waals surface area contributed by atoms with Gasteiger partial charge in [-0.25, -0.2) is 0 Å². The van der Waals surface area contributed by atoms with Gasteiger partial charge in [-0.1, -0.05) is 0 Å². The van der Waals surface area contributed by atoms with E-state index in [1.807, 2.05) is 6.92 Å². The van der Waals surface area contributed by atoms with Gasteiger partial charge in [0.1, 0.15) is 0 Å². The fourth-order valence-corrected chi connectivity index (χ4v) is 1.80. The van der Waals surface area contributed by atoms with Gasteiger partial charge in [-0.3, -0.25) is 14.9 Å². The van der Waals surface area contributed by atoms with E-state index in [0.29, 0.717) is 12.1 Å².